The van der Waals surface area contributed by atoms with Crippen molar-refractivity contribution in [1.29, 1.82) is 0 Å². The van der Waals surface area contributed by atoms with Gasteiger partial charge in [0.1, 0.15) is 11.6 Å². The first-order chi connectivity index (χ1) is 9.65. The molecule has 1 aromatic carbocycles. The zero-order chi connectivity index (χ0) is 14.1. The molecule has 3 rings (SSSR count). The molecule has 0 radical (unpaired) electrons. The average molecular weight is 375 g/mol. The Kier molecular flexibility index (Phi) is 4.48. The first kappa shape index (κ1) is 14.5. The van der Waals surface area contributed by atoms with Crippen molar-refractivity contribution in [2.75, 3.05) is 5.75 Å². The molecular formula is C15H13BrF2S2. The molecule has 1 aliphatic rings. The van der Waals surface area contributed by atoms with Crippen molar-refractivity contribution in [2.45, 2.75) is 23.4 Å². The van der Waals surface area contributed by atoms with Gasteiger partial charge in [-0.05, 0) is 42.4 Å². The molecule has 0 N–H and O–H groups in total. The fourth-order valence-corrected chi connectivity index (χ4v) is 5.42. The molecule has 0 aliphatic carbocycles. The van der Waals surface area contributed by atoms with Crippen molar-refractivity contribution < 1.29 is 8.78 Å². The molecule has 1 unspecified atom stereocenters. The van der Waals surface area contributed by atoms with Crippen molar-refractivity contribution in [3.63, 3.8) is 0 Å². The van der Waals surface area contributed by atoms with Crippen LogP contribution in [0.5, 0.6) is 0 Å². The van der Waals surface area contributed by atoms with Gasteiger partial charge in [0.2, 0.25) is 0 Å². The van der Waals surface area contributed by atoms with E-state index in [1.165, 1.54) is 39.3 Å². The summed E-state index contributed by atoms with van der Waals surface area (Å²) in [5.74, 6) is 1.29. The summed E-state index contributed by atoms with van der Waals surface area (Å²) >= 11 is 7.30. The highest BCUT2D eigenvalue weighted by atomic mass is 79.9. The smallest absolute Gasteiger partial charge is 0.129 e. The second kappa shape index (κ2) is 6.16. The van der Waals surface area contributed by atoms with Gasteiger partial charge in [0.05, 0.1) is 4.83 Å². The number of rotatable bonds is 3. The maximum Gasteiger partial charge on any atom is 0.129 e. The summed E-state index contributed by atoms with van der Waals surface area (Å²) < 4.78 is 27.4. The Bertz CT molecular complexity index is 581. The van der Waals surface area contributed by atoms with Crippen molar-refractivity contribution in [1.82, 2.24) is 0 Å². The van der Waals surface area contributed by atoms with E-state index in [0.29, 0.717) is 6.42 Å². The Morgan fingerprint density at radius 1 is 1.25 bits per heavy atom. The van der Waals surface area contributed by atoms with Gasteiger partial charge < -0.3 is 0 Å². The van der Waals surface area contributed by atoms with Crippen LogP contribution < -0.4 is 0 Å². The van der Waals surface area contributed by atoms with Crippen LogP contribution in [0, 0.1) is 11.6 Å². The van der Waals surface area contributed by atoms with Gasteiger partial charge in [-0.2, -0.15) is 11.8 Å². The zero-order valence-electron chi connectivity index (χ0n) is 10.7. The van der Waals surface area contributed by atoms with Gasteiger partial charge in [-0.15, -0.1) is 11.3 Å². The second-order valence-electron chi connectivity index (χ2n) is 4.77. The third-order valence-electron chi connectivity index (χ3n) is 3.40. The summed E-state index contributed by atoms with van der Waals surface area (Å²) in [7, 11) is 0. The SMILES string of the molecule is Fc1cccc(F)c1CC(Br)c1cc2c(s1)CCSC2. The third-order valence-corrected chi connectivity index (χ3v) is 6.88. The molecule has 0 fully saturated rings. The fourth-order valence-electron chi connectivity index (χ4n) is 2.33. The summed E-state index contributed by atoms with van der Waals surface area (Å²) in [6.45, 7) is 0. The van der Waals surface area contributed by atoms with E-state index in [1.807, 2.05) is 11.8 Å². The summed E-state index contributed by atoms with van der Waals surface area (Å²) in [6, 6.07) is 6.21. The number of hydrogen-bond donors (Lipinski definition) is 0. The van der Waals surface area contributed by atoms with Gasteiger partial charge in [0.15, 0.2) is 0 Å². The van der Waals surface area contributed by atoms with Crippen LogP contribution in [0.4, 0.5) is 8.78 Å². The van der Waals surface area contributed by atoms with E-state index in [4.69, 9.17) is 0 Å². The number of hydrogen-bond acceptors (Lipinski definition) is 2. The number of thiophene rings is 1. The maximum absolute atomic E-state index is 13.7. The number of alkyl halides is 1. The Hall–Kier alpha value is -0.390. The van der Waals surface area contributed by atoms with E-state index in [1.54, 1.807) is 11.3 Å². The molecule has 1 aromatic heterocycles. The van der Waals surface area contributed by atoms with Crippen LogP contribution in [0.3, 0.4) is 0 Å². The molecular weight excluding hydrogens is 362 g/mol. The topological polar surface area (TPSA) is 0 Å². The van der Waals surface area contributed by atoms with Gasteiger partial charge >= 0.3 is 0 Å². The van der Waals surface area contributed by atoms with Crippen molar-refractivity contribution in [3.8, 4) is 0 Å². The Balaban J connectivity index is 1.82. The van der Waals surface area contributed by atoms with Crippen LogP contribution in [0.25, 0.3) is 0 Å². The fraction of sp³-hybridized carbons (Fsp3) is 0.333. The van der Waals surface area contributed by atoms with Crippen LogP contribution in [0.1, 0.15) is 25.7 Å². The highest BCUT2D eigenvalue weighted by molar-refractivity contribution is 9.09. The Morgan fingerprint density at radius 3 is 2.70 bits per heavy atom. The molecule has 1 atom stereocenters. The number of fused-ring (bicyclic) bond motifs is 1. The van der Waals surface area contributed by atoms with Gasteiger partial charge in [-0.25, -0.2) is 8.78 Å². The largest absolute Gasteiger partial charge is 0.207 e. The summed E-state index contributed by atoms with van der Waals surface area (Å²) in [5, 5.41) is 0. The van der Waals surface area contributed by atoms with Gasteiger partial charge in [0.25, 0.3) is 0 Å². The predicted molar refractivity (Wildman–Crippen MR) is 85.9 cm³/mol. The third kappa shape index (κ3) is 2.95. The normalized spacial score (nSPS) is 15.9. The lowest BCUT2D eigenvalue weighted by atomic mass is 10.1. The minimum atomic E-state index is -0.466. The molecule has 106 valence electrons. The lowest BCUT2D eigenvalue weighted by Gasteiger charge is -2.09. The molecule has 0 saturated heterocycles. The number of halogens is 3. The van der Waals surface area contributed by atoms with Gasteiger partial charge in [-0.3, -0.25) is 0 Å². The molecule has 1 aliphatic heterocycles. The molecule has 2 aromatic rings. The number of aryl methyl sites for hydroxylation is 1. The minimum Gasteiger partial charge on any atom is -0.207 e. The van der Waals surface area contributed by atoms with E-state index < -0.39 is 11.6 Å². The molecule has 0 saturated carbocycles. The van der Waals surface area contributed by atoms with Gasteiger partial charge in [-0.1, -0.05) is 22.0 Å². The van der Waals surface area contributed by atoms with Crippen LogP contribution >= 0.6 is 39.0 Å². The summed E-state index contributed by atoms with van der Waals surface area (Å²) in [5.41, 5.74) is 1.55. The van der Waals surface area contributed by atoms with Crippen LogP contribution in [-0.2, 0) is 18.6 Å². The molecule has 0 spiro atoms. The van der Waals surface area contributed by atoms with Crippen LogP contribution in [-0.4, -0.2) is 5.75 Å². The lowest BCUT2D eigenvalue weighted by Crippen LogP contribution is -2.00. The van der Waals surface area contributed by atoms with Crippen molar-refractivity contribution in [2.24, 2.45) is 0 Å². The summed E-state index contributed by atoms with van der Waals surface area (Å²) in [4.78, 5) is 2.56. The number of benzene rings is 1. The highest BCUT2D eigenvalue weighted by Gasteiger charge is 2.20. The van der Waals surface area contributed by atoms with Crippen LogP contribution in [0.15, 0.2) is 24.3 Å². The first-order valence-corrected chi connectivity index (χ1v) is 9.30. The molecule has 5 heteroatoms. The van der Waals surface area contributed by atoms with E-state index in [9.17, 15) is 8.78 Å². The monoisotopic (exact) mass is 374 g/mol. The lowest BCUT2D eigenvalue weighted by molar-refractivity contribution is 0.554. The van der Waals surface area contributed by atoms with Crippen LogP contribution in [0.2, 0.25) is 0 Å². The standard InChI is InChI=1S/C15H13BrF2S2/c16-11(7-10-12(17)2-1-3-13(10)18)15-6-9-8-19-5-4-14(9)20-15/h1-3,6,11H,4-5,7-8H2. The van der Waals surface area contributed by atoms with Gasteiger partial charge in [0, 0.05) is 21.1 Å². The summed E-state index contributed by atoms with van der Waals surface area (Å²) in [6.07, 6.45) is 1.45. The van der Waals surface area contributed by atoms with E-state index >= 15 is 0 Å². The number of thioether (sulfide) groups is 1. The van der Waals surface area contributed by atoms with Crippen molar-refractivity contribution >= 4 is 39.0 Å². The first-order valence-electron chi connectivity index (χ1n) is 6.41. The average Bonchev–Trinajstić information content (AvgIpc) is 2.87. The Morgan fingerprint density at radius 2 is 2.00 bits per heavy atom. The predicted octanol–water partition coefficient (Wildman–Crippen LogP) is 5.49. The molecule has 20 heavy (non-hydrogen) atoms. The van der Waals surface area contributed by atoms with E-state index in [0.717, 1.165) is 12.2 Å². The van der Waals surface area contributed by atoms with E-state index in [2.05, 4.69) is 22.0 Å². The quantitative estimate of drug-likeness (QED) is 0.639. The molecule has 0 amide bonds. The molecule has 0 nitrogen and oxygen atoms in total. The minimum absolute atomic E-state index is 0.0329. The highest BCUT2D eigenvalue weighted by Crippen LogP contribution is 2.39. The van der Waals surface area contributed by atoms with Crippen molar-refractivity contribution in [3.05, 3.63) is 56.8 Å². The second-order valence-corrected chi connectivity index (χ2v) is 8.15. The Labute approximate surface area is 133 Å². The molecule has 0 bridgehead atoms. The zero-order valence-corrected chi connectivity index (χ0v) is 13.9. The maximum atomic E-state index is 13.7. The molecule has 2 heterocycles. The van der Waals surface area contributed by atoms with E-state index in [-0.39, 0.29) is 10.4 Å².